The van der Waals surface area contributed by atoms with Crippen molar-refractivity contribution in [1.29, 1.82) is 0 Å². The molecule has 4 aliphatic carbocycles. The Balaban J connectivity index is 1.41. The fourth-order valence-electron chi connectivity index (χ4n) is 9.81. The highest BCUT2D eigenvalue weighted by Crippen LogP contribution is 2.67. The molecule has 0 aromatic rings. The van der Waals surface area contributed by atoms with Gasteiger partial charge in [0.2, 0.25) is 0 Å². The predicted molar refractivity (Wildman–Crippen MR) is 161 cm³/mol. The quantitative estimate of drug-likeness (QED) is 0.199. The summed E-state index contributed by atoms with van der Waals surface area (Å²) >= 11 is 17.4. The fourth-order valence-corrected chi connectivity index (χ4v) is 10.1. The third-order valence-electron chi connectivity index (χ3n) is 12.1. The van der Waals surface area contributed by atoms with Gasteiger partial charge in [-0.1, -0.05) is 101 Å². The molecule has 4 aliphatic rings. The van der Waals surface area contributed by atoms with Crippen LogP contribution in [0.3, 0.4) is 0 Å². The van der Waals surface area contributed by atoms with E-state index in [1.807, 2.05) is 0 Å². The lowest BCUT2D eigenvalue weighted by atomic mass is 9.47. The molecular formula is C33H51Cl3O2. The Labute approximate surface area is 247 Å². The van der Waals surface area contributed by atoms with Crippen molar-refractivity contribution in [2.24, 2.45) is 52.3 Å². The van der Waals surface area contributed by atoms with Crippen LogP contribution in [0.15, 0.2) is 21.2 Å². The van der Waals surface area contributed by atoms with Crippen molar-refractivity contribution >= 4 is 40.8 Å². The molecule has 9 unspecified atom stereocenters. The Bertz CT molecular complexity index is 921. The van der Waals surface area contributed by atoms with Crippen LogP contribution in [0.25, 0.3) is 0 Å². The number of rotatable bonds is 9. The topological polar surface area (TPSA) is 26.3 Å². The van der Waals surface area contributed by atoms with Crippen LogP contribution < -0.4 is 0 Å². The summed E-state index contributed by atoms with van der Waals surface area (Å²) in [6.45, 7) is 14.9. The summed E-state index contributed by atoms with van der Waals surface area (Å²) in [5.41, 5.74) is 2.29. The van der Waals surface area contributed by atoms with E-state index >= 15 is 0 Å². The molecular weight excluding hydrogens is 535 g/mol. The predicted octanol–water partition coefficient (Wildman–Crippen LogP) is 10.9. The molecule has 5 heteroatoms. The first-order valence-electron chi connectivity index (χ1n) is 15.5. The van der Waals surface area contributed by atoms with Gasteiger partial charge in [-0.05, 0) is 104 Å². The molecule has 0 aromatic heterocycles. The summed E-state index contributed by atoms with van der Waals surface area (Å²) in [6.07, 6.45) is 16.2. The zero-order valence-corrected chi connectivity index (χ0v) is 26.9. The fraction of sp³-hybridized carbons (Fsp3) is 0.848. The summed E-state index contributed by atoms with van der Waals surface area (Å²) < 4.78 is 5.75. The number of carbonyl (C=O) groups excluding carboxylic acids is 1. The van der Waals surface area contributed by atoms with Crippen LogP contribution in [0.5, 0.6) is 0 Å². The monoisotopic (exact) mass is 584 g/mol. The van der Waals surface area contributed by atoms with E-state index in [1.165, 1.54) is 56.9 Å². The van der Waals surface area contributed by atoms with Gasteiger partial charge < -0.3 is 4.74 Å². The summed E-state index contributed by atoms with van der Waals surface area (Å²) in [4.78, 5) is 12.4. The number of fused-ring (bicyclic) bond motifs is 5. The highest BCUT2D eigenvalue weighted by Gasteiger charge is 2.59. The van der Waals surface area contributed by atoms with Crippen LogP contribution in [0.1, 0.15) is 119 Å². The van der Waals surface area contributed by atoms with Crippen molar-refractivity contribution in [3.63, 3.8) is 0 Å². The van der Waals surface area contributed by atoms with Crippen molar-refractivity contribution in [1.82, 2.24) is 0 Å². The van der Waals surface area contributed by atoms with E-state index in [-0.39, 0.29) is 33.4 Å². The molecule has 0 spiro atoms. The molecule has 2 nitrogen and oxygen atoms in total. The Morgan fingerprint density at radius 2 is 1.76 bits per heavy atom. The first kappa shape index (κ1) is 30.8. The second kappa shape index (κ2) is 12.4. The molecule has 0 bridgehead atoms. The summed E-state index contributed by atoms with van der Waals surface area (Å²) in [5.74, 6) is 5.50. The maximum absolute atomic E-state index is 12.4. The summed E-state index contributed by atoms with van der Waals surface area (Å²) in [5, 5.41) is 0.151. The number of esters is 1. The number of allylic oxidation sites excluding steroid dienone is 1. The van der Waals surface area contributed by atoms with Crippen LogP contribution in [-0.4, -0.2) is 12.1 Å². The number of hydrogen-bond donors (Lipinski definition) is 0. The summed E-state index contributed by atoms with van der Waals surface area (Å²) in [6, 6.07) is 0. The van der Waals surface area contributed by atoms with Gasteiger partial charge in [-0.25, -0.2) is 0 Å². The first-order chi connectivity index (χ1) is 17.9. The van der Waals surface area contributed by atoms with Gasteiger partial charge >= 0.3 is 5.97 Å². The Morgan fingerprint density at radius 1 is 1.03 bits per heavy atom. The van der Waals surface area contributed by atoms with Gasteiger partial charge in [-0.2, -0.15) is 0 Å². The van der Waals surface area contributed by atoms with E-state index in [4.69, 9.17) is 39.5 Å². The minimum absolute atomic E-state index is 0.0577. The van der Waals surface area contributed by atoms with Crippen LogP contribution in [0.4, 0.5) is 0 Å². The Kier molecular flexibility index (Phi) is 10.0. The molecule has 38 heavy (non-hydrogen) atoms. The van der Waals surface area contributed by atoms with Crippen molar-refractivity contribution in [3.8, 4) is 0 Å². The van der Waals surface area contributed by atoms with Crippen LogP contribution in [0, 0.1) is 52.3 Å². The van der Waals surface area contributed by atoms with Gasteiger partial charge in [0.25, 0.3) is 0 Å². The van der Waals surface area contributed by atoms with Gasteiger partial charge in [-0.3, -0.25) is 4.79 Å². The Morgan fingerprint density at radius 3 is 2.42 bits per heavy atom. The highest BCUT2D eigenvalue weighted by molar-refractivity contribution is 6.59. The molecule has 4 rings (SSSR count). The molecule has 0 heterocycles. The van der Waals surface area contributed by atoms with E-state index in [2.05, 4.69) is 47.6 Å². The minimum atomic E-state index is -0.338. The lowest BCUT2D eigenvalue weighted by Crippen LogP contribution is -2.51. The zero-order chi connectivity index (χ0) is 27.8. The molecule has 0 radical (unpaired) electrons. The molecule has 3 saturated carbocycles. The van der Waals surface area contributed by atoms with Gasteiger partial charge in [0, 0.05) is 6.42 Å². The minimum Gasteiger partial charge on any atom is -0.462 e. The third-order valence-corrected chi connectivity index (χ3v) is 13.1. The SMILES string of the molecule is CCC(CCC(C)C1CCC2C3CC=C4CC(OC(=O)CC(Cl)=C(Cl)Cl)CCC4(C)C3CCC12C)C(C)C. The van der Waals surface area contributed by atoms with E-state index < -0.39 is 0 Å². The molecule has 0 amide bonds. The van der Waals surface area contributed by atoms with Gasteiger partial charge in [0.1, 0.15) is 10.6 Å². The van der Waals surface area contributed by atoms with Crippen molar-refractivity contribution in [3.05, 3.63) is 21.2 Å². The Hall–Kier alpha value is -0.180. The average molecular weight is 586 g/mol. The molecule has 0 N–H and O–H groups in total. The lowest BCUT2D eigenvalue weighted by Gasteiger charge is -2.58. The van der Waals surface area contributed by atoms with Gasteiger partial charge in [0.15, 0.2) is 0 Å². The smallest absolute Gasteiger partial charge is 0.311 e. The zero-order valence-electron chi connectivity index (χ0n) is 24.6. The van der Waals surface area contributed by atoms with E-state index in [1.54, 1.807) is 0 Å². The number of hydrogen-bond acceptors (Lipinski definition) is 2. The highest BCUT2D eigenvalue weighted by atomic mass is 35.5. The molecule has 216 valence electrons. The second-order valence-electron chi connectivity index (χ2n) is 14.2. The van der Waals surface area contributed by atoms with Crippen LogP contribution in [0.2, 0.25) is 0 Å². The number of carbonyl (C=O) groups is 1. The third kappa shape index (κ3) is 6.04. The first-order valence-corrected chi connectivity index (χ1v) is 16.6. The van der Waals surface area contributed by atoms with Crippen molar-refractivity contribution in [2.45, 2.75) is 125 Å². The number of ether oxygens (including phenoxy) is 1. The van der Waals surface area contributed by atoms with Gasteiger partial charge in [0.05, 0.1) is 11.5 Å². The second-order valence-corrected chi connectivity index (χ2v) is 15.6. The summed E-state index contributed by atoms with van der Waals surface area (Å²) in [7, 11) is 0. The van der Waals surface area contributed by atoms with Crippen LogP contribution >= 0.6 is 34.8 Å². The standard InChI is InChI=1S/C33H51Cl3O2/c1-7-22(20(2)3)9-8-21(4)26-12-13-27-25-11-10-23-18-24(38-30(37)19-29(34)31(35)36)14-16-32(23,5)28(25)15-17-33(26,27)6/h10,20-22,24-28H,7-9,11-19H2,1-6H3. The van der Waals surface area contributed by atoms with Crippen LogP contribution in [-0.2, 0) is 9.53 Å². The molecule has 0 aliphatic heterocycles. The van der Waals surface area contributed by atoms with Gasteiger partial charge in [-0.15, -0.1) is 0 Å². The van der Waals surface area contributed by atoms with E-state index in [9.17, 15) is 4.79 Å². The molecule has 9 atom stereocenters. The largest absolute Gasteiger partial charge is 0.462 e. The van der Waals surface area contributed by atoms with E-state index in [0.717, 1.165) is 60.7 Å². The molecule has 0 saturated heterocycles. The molecule has 0 aromatic carbocycles. The van der Waals surface area contributed by atoms with Crippen molar-refractivity contribution < 1.29 is 9.53 Å². The normalized spacial score (nSPS) is 37.9. The maximum atomic E-state index is 12.4. The van der Waals surface area contributed by atoms with Crippen molar-refractivity contribution in [2.75, 3.05) is 0 Å². The average Bonchev–Trinajstić information content (AvgIpc) is 3.21. The lowest BCUT2D eigenvalue weighted by molar-refractivity contribution is -0.150. The maximum Gasteiger partial charge on any atom is 0.311 e. The van der Waals surface area contributed by atoms with E-state index in [0.29, 0.717) is 5.41 Å². The number of halogens is 3. The molecule has 3 fully saturated rings.